The maximum atomic E-state index is 11.7. The van der Waals surface area contributed by atoms with Crippen LogP contribution in [0.3, 0.4) is 0 Å². The Labute approximate surface area is 137 Å². The standard InChI is InChI=1S/C17H23N3O3/c1-13(2)11-20-17(21)14(10-18)12-19-8-9-23-16-6-4-15(22-3)5-7-16/h4-7,12-13,19H,8-9,11H2,1-3H3,(H,20,21)/b14-12-. The molecule has 0 fully saturated rings. The van der Waals surface area contributed by atoms with E-state index in [9.17, 15) is 4.79 Å². The summed E-state index contributed by atoms with van der Waals surface area (Å²) in [7, 11) is 1.61. The third-order valence-corrected chi connectivity index (χ3v) is 2.86. The Balaban J connectivity index is 2.32. The minimum absolute atomic E-state index is 0.0510. The summed E-state index contributed by atoms with van der Waals surface area (Å²) in [6, 6.07) is 9.14. The molecule has 0 atom stereocenters. The van der Waals surface area contributed by atoms with Gasteiger partial charge in [0.15, 0.2) is 0 Å². The molecule has 0 radical (unpaired) electrons. The van der Waals surface area contributed by atoms with Gasteiger partial charge in [0.2, 0.25) is 0 Å². The molecule has 6 nitrogen and oxygen atoms in total. The van der Waals surface area contributed by atoms with Gasteiger partial charge in [-0.15, -0.1) is 0 Å². The molecule has 1 aromatic rings. The molecular formula is C17H23N3O3. The average Bonchev–Trinajstić information content (AvgIpc) is 2.56. The van der Waals surface area contributed by atoms with Gasteiger partial charge in [0.05, 0.1) is 7.11 Å². The van der Waals surface area contributed by atoms with Gasteiger partial charge in [0.25, 0.3) is 5.91 Å². The van der Waals surface area contributed by atoms with E-state index in [1.54, 1.807) is 7.11 Å². The summed E-state index contributed by atoms with van der Waals surface area (Å²) in [6.07, 6.45) is 1.41. The molecule has 0 spiro atoms. The summed E-state index contributed by atoms with van der Waals surface area (Å²) in [5.74, 6) is 1.46. The van der Waals surface area contributed by atoms with Gasteiger partial charge >= 0.3 is 0 Å². The highest BCUT2D eigenvalue weighted by molar-refractivity contribution is 5.97. The van der Waals surface area contributed by atoms with Crippen molar-refractivity contribution in [1.29, 1.82) is 5.26 Å². The highest BCUT2D eigenvalue weighted by Crippen LogP contribution is 2.16. The lowest BCUT2D eigenvalue weighted by molar-refractivity contribution is -0.117. The van der Waals surface area contributed by atoms with E-state index >= 15 is 0 Å². The average molecular weight is 317 g/mol. The van der Waals surface area contributed by atoms with E-state index in [-0.39, 0.29) is 11.5 Å². The first kappa shape index (κ1) is 18.4. The topological polar surface area (TPSA) is 83.4 Å². The first-order chi connectivity index (χ1) is 11.1. The molecule has 23 heavy (non-hydrogen) atoms. The minimum atomic E-state index is -0.371. The first-order valence-corrected chi connectivity index (χ1v) is 7.45. The summed E-state index contributed by atoms with van der Waals surface area (Å²) >= 11 is 0. The smallest absolute Gasteiger partial charge is 0.263 e. The molecule has 1 aromatic carbocycles. The lowest BCUT2D eigenvalue weighted by Crippen LogP contribution is -2.29. The summed E-state index contributed by atoms with van der Waals surface area (Å²) in [5, 5.41) is 14.6. The van der Waals surface area contributed by atoms with E-state index in [0.717, 1.165) is 11.5 Å². The molecule has 0 saturated heterocycles. The molecule has 0 heterocycles. The summed E-state index contributed by atoms with van der Waals surface area (Å²) in [6.45, 7) is 5.41. The lowest BCUT2D eigenvalue weighted by Gasteiger charge is -2.08. The molecule has 0 aliphatic heterocycles. The van der Waals surface area contributed by atoms with E-state index in [4.69, 9.17) is 14.7 Å². The zero-order valence-electron chi connectivity index (χ0n) is 13.8. The third-order valence-electron chi connectivity index (χ3n) is 2.86. The second-order valence-electron chi connectivity index (χ2n) is 5.25. The number of carbonyl (C=O) groups excluding carboxylic acids is 1. The van der Waals surface area contributed by atoms with Crippen LogP contribution in [0.2, 0.25) is 0 Å². The molecule has 0 unspecified atom stereocenters. The van der Waals surface area contributed by atoms with Crippen molar-refractivity contribution >= 4 is 5.91 Å². The fourth-order valence-electron chi connectivity index (χ4n) is 1.61. The van der Waals surface area contributed by atoms with E-state index in [2.05, 4.69) is 10.6 Å². The monoisotopic (exact) mass is 317 g/mol. The molecular weight excluding hydrogens is 294 g/mol. The van der Waals surface area contributed by atoms with Gasteiger partial charge < -0.3 is 20.1 Å². The van der Waals surface area contributed by atoms with Gasteiger partial charge in [-0.1, -0.05) is 13.8 Å². The Morgan fingerprint density at radius 2 is 1.96 bits per heavy atom. The van der Waals surface area contributed by atoms with Gasteiger partial charge in [-0.2, -0.15) is 5.26 Å². The fourth-order valence-corrected chi connectivity index (χ4v) is 1.61. The van der Waals surface area contributed by atoms with Crippen molar-refractivity contribution in [2.45, 2.75) is 13.8 Å². The van der Waals surface area contributed by atoms with Crippen LogP contribution in [0.25, 0.3) is 0 Å². The van der Waals surface area contributed by atoms with Crippen LogP contribution in [0.15, 0.2) is 36.0 Å². The van der Waals surface area contributed by atoms with Crippen LogP contribution in [-0.2, 0) is 4.79 Å². The predicted molar refractivity (Wildman–Crippen MR) is 88.0 cm³/mol. The molecule has 1 amide bonds. The Morgan fingerprint density at radius 1 is 1.30 bits per heavy atom. The molecule has 0 aliphatic carbocycles. The van der Waals surface area contributed by atoms with Crippen LogP contribution in [0.5, 0.6) is 11.5 Å². The van der Waals surface area contributed by atoms with Crippen molar-refractivity contribution in [2.75, 3.05) is 26.8 Å². The van der Waals surface area contributed by atoms with Crippen molar-refractivity contribution in [3.63, 3.8) is 0 Å². The van der Waals surface area contributed by atoms with Crippen LogP contribution in [0.4, 0.5) is 0 Å². The Kier molecular flexibility index (Phi) is 8.08. The van der Waals surface area contributed by atoms with Gasteiger partial charge in [-0.3, -0.25) is 4.79 Å². The molecule has 124 valence electrons. The number of benzene rings is 1. The second-order valence-corrected chi connectivity index (χ2v) is 5.25. The fraction of sp³-hybridized carbons (Fsp3) is 0.412. The normalized spacial score (nSPS) is 10.8. The van der Waals surface area contributed by atoms with Gasteiger partial charge in [0.1, 0.15) is 29.7 Å². The summed E-state index contributed by atoms with van der Waals surface area (Å²) < 4.78 is 10.6. The quantitative estimate of drug-likeness (QED) is 0.412. The predicted octanol–water partition coefficient (Wildman–Crippen LogP) is 1.84. The van der Waals surface area contributed by atoms with Crippen LogP contribution in [0.1, 0.15) is 13.8 Å². The number of carbonyl (C=O) groups is 1. The zero-order valence-corrected chi connectivity index (χ0v) is 13.8. The largest absolute Gasteiger partial charge is 0.497 e. The highest BCUT2D eigenvalue weighted by Gasteiger charge is 2.08. The van der Waals surface area contributed by atoms with Crippen molar-refractivity contribution in [2.24, 2.45) is 5.92 Å². The first-order valence-electron chi connectivity index (χ1n) is 7.45. The second kappa shape index (κ2) is 10.1. The van der Waals surface area contributed by atoms with E-state index < -0.39 is 0 Å². The third kappa shape index (κ3) is 7.23. The molecule has 0 bridgehead atoms. The number of ether oxygens (including phenoxy) is 2. The van der Waals surface area contributed by atoms with Crippen molar-refractivity contribution in [3.8, 4) is 17.6 Å². The summed E-state index contributed by atoms with van der Waals surface area (Å²) in [5.41, 5.74) is 0.0510. The van der Waals surface area contributed by atoms with Crippen LogP contribution >= 0.6 is 0 Å². The molecule has 2 N–H and O–H groups in total. The number of amides is 1. The van der Waals surface area contributed by atoms with Crippen molar-refractivity contribution < 1.29 is 14.3 Å². The molecule has 1 rings (SSSR count). The Morgan fingerprint density at radius 3 is 2.52 bits per heavy atom. The number of methoxy groups -OCH3 is 1. The number of hydrogen-bond acceptors (Lipinski definition) is 5. The summed E-state index contributed by atoms with van der Waals surface area (Å²) in [4.78, 5) is 11.7. The van der Waals surface area contributed by atoms with E-state index in [0.29, 0.717) is 25.6 Å². The highest BCUT2D eigenvalue weighted by atomic mass is 16.5. The van der Waals surface area contributed by atoms with Gasteiger partial charge in [-0.25, -0.2) is 0 Å². The molecule has 0 aromatic heterocycles. The van der Waals surface area contributed by atoms with Crippen molar-refractivity contribution in [3.05, 3.63) is 36.0 Å². The Bertz CT molecular complexity index is 559. The molecule has 6 heteroatoms. The number of rotatable bonds is 9. The molecule has 0 saturated carbocycles. The SMILES string of the molecule is COc1ccc(OCCN/C=C(/C#N)C(=O)NCC(C)C)cc1. The number of nitrogens with one attached hydrogen (secondary N) is 2. The van der Waals surface area contributed by atoms with E-state index in [1.165, 1.54) is 6.20 Å². The zero-order chi connectivity index (χ0) is 17.1. The van der Waals surface area contributed by atoms with Crippen LogP contribution < -0.4 is 20.1 Å². The number of nitrogens with zero attached hydrogens (tertiary/aromatic N) is 1. The van der Waals surface area contributed by atoms with Crippen molar-refractivity contribution in [1.82, 2.24) is 10.6 Å². The lowest BCUT2D eigenvalue weighted by atomic mass is 10.2. The maximum Gasteiger partial charge on any atom is 0.263 e. The number of nitriles is 1. The van der Waals surface area contributed by atoms with Crippen LogP contribution in [0, 0.1) is 17.2 Å². The van der Waals surface area contributed by atoms with Gasteiger partial charge in [-0.05, 0) is 30.2 Å². The maximum absolute atomic E-state index is 11.7. The van der Waals surface area contributed by atoms with Gasteiger partial charge in [0, 0.05) is 19.3 Å². The minimum Gasteiger partial charge on any atom is -0.497 e. The van der Waals surface area contributed by atoms with E-state index in [1.807, 2.05) is 44.2 Å². The molecule has 0 aliphatic rings. The Hall–Kier alpha value is -2.68. The van der Waals surface area contributed by atoms with Crippen LogP contribution in [-0.4, -0.2) is 32.7 Å². The number of hydrogen-bond donors (Lipinski definition) is 2.